The van der Waals surface area contributed by atoms with Crippen LogP contribution in [0.2, 0.25) is 0 Å². The summed E-state index contributed by atoms with van der Waals surface area (Å²) in [6.07, 6.45) is 1.48. The van der Waals surface area contributed by atoms with E-state index in [0.29, 0.717) is 15.8 Å². The number of anilines is 1. The number of nitrogens with zero attached hydrogens (tertiary/aromatic N) is 3. The van der Waals surface area contributed by atoms with Gasteiger partial charge in [-0.05, 0) is 41.1 Å². The fraction of sp³-hybridized carbons (Fsp3) is 0.143. The molecule has 6 nitrogen and oxygen atoms in total. The number of fused-ring (bicyclic) bond motifs is 1. The summed E-state index contributed by atoms with van der Waals surface area (Å²) < 4.78 is 29.6. The van der Waals surface area contributed by atoms with E-state index in [0.717, 1.165) is 11.1 Å². The van der Waals surface area contributed by atoms with Gasteiger partial charge in [-0.3, -0.25) is 9.40 Å². The Balaban J connectivity index is 2.03. The van der Waals surface area contributed by atoms with Crippen LogP contribution in [-0.4, -0.2) is 23.2 Å². The zero-order chi connectivity index (χ0) is 15.9. The van der Waals surface area contributed by atoms with Crippen LogP contribution in [0.1, 0.15) is 5.69 Å². The van der Waals surface area contributed by atoms with Crippen LogP contribution < -0.4 is 4.72 Å². The van der Waals surface area contributed by atoms with Crippen molar-refractivity contribution in [3.05, 3.63) is 46.7 Å². The Morgan fingerprint density at radius 1 is 1.27 bits per heavy atom. The maximum atomic E-state index is 12.5. The van der Waals surface area contributed by atoms with Crippen molar-refractivity contribution in [2.24, 2.45) is 7.05 Å². The van der Waals surface area contributed by atoms with Gasteiger partial charge in [-0.2, -0.15) is 5.10 Å². The number of pyridine rings is 1. The molecule has 0 bridgehead atoms. The molecule has 2 aromatic heterocycles. The molecule has 22 heavy (non-hydrogen) atoms. The number of hydrogen-bond donors (Lipinski definition) is 1. The highest BCUT2D eigenvalue weighted by Crippen LogP contribution is 2.25. The lowest BCUT2D eigenvalue weighted by atomic mass is 10.3. The molecule has 0 aliphatic rings. The number of aryl methyl sites for hydroxylation is 2. The fourth-order valence-electron chi connectivity index (χ4n) is 2.24. The van der Waals surface area contributed by atoms with E-state index in [9.17, 15) is 8.42 Å². The predicted octanol–water partition coefficient (Wildman–Crippen LogP) is 2.84. The lowest BCUT2D eigenvalue weighted by Crippen LogP contribution is -2.13. The zero-order valence-electron chi connectivity index (χ0n) is 11.9. The van der Waals surface area contributed by atoms with E-state index in [1.165, 1.54) is 12.3 Å². The van der Waals surface area contributed by atoms with Gasteiger partial charge in [0.2, 0.25) is 0 Å². The van der Waals surface area contributed by atoms with Crippen molar-refractivity contribution >= 4 is 42.7 Å². The first-order valence-corrected chi connectivity index (χ1v) is 8.73. The summed E-state index contributed by atoms with van der Waals surface area (Å²) in [7, 11) is -1.88. The molecule has 114 valence electrons. The minimum atomic E-state index is -3.68. The molecule has 0 aliphatic heterocycles. The molecule has 0 fully saturated rings. The Kier molecular flexibility index (Phi) is 3.65. The van der Waals surface area contributed by atoms with Crippen molar-refractivity contribution in [2.75, 3.05) is 4.72 Å². The third-order valence-corrected chi connectivity index (χ3v) is 5.63. The van der Waals surface area contributed by atoms with Gasteiger partial charge in [0.25, 0.3) is 10.0 Å². The van der Waals surface area contributed by atoms with E-state index in [1.54, 1.807) is 36.0 Å². The maximum Gasteiger partial charge on any atom is 0.263 e. The molecule has 3 rings (SSSR count). The lowest BCUT2D eigenvalue weighted by Gasteiger charge is -2.09. The van der Waals surface area contributed by atoms with Gasteiger partial charge < -0.3 is 0 Å². The summed E-state index contributed by atoms with van der Waals surface area (Å²) >= 11 is 3.25. The second-order valence-electron chi connectivity index (χ2n) is 4.84. The van der Waals surface area contributed by atoms with Gasteiger partial charge in [-0.25, -0.2) is 13.4 Å². The average molecular weight is 381 g/mol. The summed E-state index contributed by atoms with van der Waals surface area (Å²) in [5, 5.41) is 5.08. The van der Waals surface area contributed by atoms with Gasteiger partial charge in [0.15, 0.2) is 5.65 Å². The topological polar surface area (TPSA) is 76.9 Å². The summed E-state index contributed by atoms with van der Waals surface area (Å²) in [5.74, 6) is 0. The van der Waals surface area contributed by atoms with Crippen molar-refractivity contribution in [1.82, 2.24) is 14.8 Å². The molecule has 0 saturated carbocycles. The highest BCUT2D eigenvalue weighted by Gasteiger charge is 2.18. The molecule has 0 amide bonds. The Hall–Kier alpha value is -1.93. The summed E-state index contributed by atoms with van der Waals surface area (Å²) in [6.45, 7) is 1.86. The van der Waals surface area contributed by atoms with Crippen LogP contribution in [0.3, 0.4) is 0 Å². The van der Waals surface area contributed by atoms with Crippen molar-refractivity contribution in [3.63, 3.8) is 0 Å². The minimum Gasteiger partial charge on any atom is -0.278 e. The van der Waals surface area contributed by atoms with E-state index in [-0.39, 0.29) is 4.90 Å². The molecule has 2 heterocycles. The number of hydrogen-bond acceptors (Lipinski definition) is 4. The van der Waals surface area contributed by atoms with Gasteiger partial charge in [0.05, 0.1) is 17.6 Å². The number of nitrogens with one attached hydrogen (secondary N) is 1. The van der Waals surface area contributed by atoms with E-state index in [1.807, 2.05) is 6.92 Å². The number of benzene rings is 1. The predicted molar refractivity (Wildman–Crippen MR) is 88.2 cm³/mol. The standard InChI is InChI=1S/C14H13BrN4O2S/c1-9-11-7-10(8-16-14(11)19(2)17-9)18-22(20,21)13-6-4-3-5-12(13)15/h3-8,18H,1-2H3. The Morgan fingerprint density at radius 2 is 2.00 bits per heavy atom. The van der Waals surface area contributed by atoms with Crippen molar-refractivity contribution < 1.29 is 8.42 Å². The van der Waals surface area contributed by atoms with Crippen molar-refractivity contribution in [2.45, 2.75) is 11.8 Å². The van der Waals surface area contributed by atoms with Crippen LogP contribution >= 0.6 is 15.9 Å². The Labute approximate surface area is 136 Å². The van der Waals surface area contributed by atoms with Crippen molar-refractivity contribution in [1.29, 1.82) is 0 Å². The second-order valence-corrected chi connectivity index (χ2v) is 7.35. The SMILES string of the molecule is Cc1nn(C)c2ncc(NS(=O)(=O)c3ccccc3Br)cc12. The van der Waals surface area contributed by atoms with Gasteiger partial charge in [0.1, 0.15) is 4.90 Å². The second kappa shape index (κ2) is 5.36. The quantitative estimate of drug-likeness (QED) is 0.757. The van der Waals surface area contributed by atoms with E-state index < -0.39 is 10.0 Å². The Bertz CT molecular complexity index is 966. The third kappa shape index (κ3) is 2.59. The van der Waals surface area contributed by atoms with Gasteiger partial charge in [-0.1, -0.05) is 12.1 Å². The van der Waals surface area contributed by atoms with Crippen LogP contribution in [-0.2, 0) is 17.1 Å². The molecular formula is C14H13BrN4O2S. The molecule has 3 aromatic rings. The van der Waals surface area contributed by atoms with Gasteiger partial charge in [0, 0.05) is 16.9 Å². The smallest absolute Gasteiger partial charge is 0.263 e. The normalized spacial score (nSPS) is 11.8. The van der Waals surface area contributed by atoms with Gasteiger partial charge >= 0.3 is 0 Å². The van der Waals surface area contributed by atoms with E-state index in [2.05, 4.69) is 30.7 Å². The summed E-state index contributed by atoms with van der Waals surface area (Å²) in [4.78, 5) is 4.44. The number of rotatable bonds is 3. The van der Waals surface area contributed by atoms with Crippen molar-refractivity contribution in [3.8, 4) is 0 Å². The number of halogens is 1. The monoisotopic (exact) mass is 380 g/mol. The number of aromatic nitrogens is 3. The molecule has 1 N–H and O–H groups in total. The summed E-state index contributed by atoms with van der Waals surface area (Å²) in [5.41, 5.74) is 1.91. The number of sulfonamides is 1. The molecular weight excluding hydrogens is 368 g/mol. The highest BCUT2D eigenvalue weighted by atomic mass is 79.9. The first-order valence-electron chi connectivity index (χ1n) is 6.45. The minimum absolute atomic E-state index is 0.179. The Morgan fingerprint density at radius 3 is 2.73 bits per heavy atom. The highest BCUT2D eigenvalue weighted by molar-refractivity contribution is 9.10. The van der Waals surface area contributed by atoms with Gasteiger partial charge in [-0.15, -0.1) is 0 Å². The first kappa shape index (κ1) is 15.0. The third-order valence-electron chi connectivity index (χ3n) is 3.24. The molecule has 0 atom stereocenters. The van der Waals surface area contributed by atoms with Crippen LogP contribution in [0.15, 0.2) is 45.9 Å². The fourth-order valence-corrected chi connectivity index (χ4v) is 4.27. The van der Waals surface area contributed by atoms with Crippen LogP contribution in [0, 0.1) is 6.92 Å². The van der Waals surface area contributed by atoms with E-state index >= 15 is 0 Å². The average Bonchev–Trinajstić information content (AvgIpc) is 2.73. The molecule has 1 aromatic carbocycles. The van der Waals surface area contributed by atoms with Crippen LogP contribution in [0.4, 0.5) is 5.69 Å². The van der Waals surface area contributed by atoms with Crippen LogP contribution in [0.25, 0.3) is 11.0 Å². The molecule has 8 heteroatoms. The van der Waals surface area contributed by atoms with E-state index in [4.69, 9.17) is 0 Å². The summed E-state index contributed by atoms with van der Waals surface area (Å²) in [6, 6.07) is 8.38. The molecule has 0 radical (unpaired) electrons. The molecule has 0 aliphatic carbocycles. The molecule has 0 saturated heterocycles. The zero-order valence-corrected chi connectivity index (χ0v) is 14.3. The largest absolute Gasteiger partial charge is 0.278 e. The maximum absolute atomic E-state index is 12.5. The molecule has 0 unspecified atom stereocenters. The van der Waals surface area contributed by atoms with Crippen LogP contribution in [0.5, 0.6) is 0 Å². The first-order chi connectivity index (χ1) is 10.4. The lowest BCUT2D eigenvalue weighted by molar-refractivity contribution is 0.600. The molecule has 0 spiro atoms.